The third-order valence-electron chi connectivity index (χ3n) is 3.05. The van der Waals surface area contributed by atoms with Gasteiger partial charge in [0.15, 0.2) is 5.82 Å². The van der Waals surface area contributed by atoms with Gasteiger partial charge in [-0.3, -0.25) is 4.68 Å². The van der Waals surface area contributed by atoms with E-state index < -0.39 is 0 Å². The van der Waals surface area contributed by atoms with Gasteiger partial charge in [0, 0.05) is 20.3 Å². The number of nitrogens with zero attached hydrogens (tertiary/aromatic N) is 5. The number of aromatic nitrogens is 4. The van der Waals surface area contributed by atoms with Crippen LogP contribution in [0.5, 0.6) is 0 Å². The van der Waals surface area contributed by atoms with Crippen molar-refractivity contribution in [2.75, 3.05) is 7.05 Å². The van der Waals surface area contributed by atoms with Crippen LogP contribution in [0.1, 0.15) is 30.9 Å². The van der Waals surface area contributed by atoms with Crippen molar-refractivity contribution in [3.63, 3.8) is 0 Å². The molecule has 0 fully saturated rings. The molecule has 0 bridgehead atoms. The standard InChI is InChI=1S/C12H18N6O2/c1-4-9(10-5-6-14-18(10)3)15-12(19)17(2)7-11-13-8-20-16-11/h5-6,8-9H,4,7H2,1-3H3,(H,15,19). The number of amides is 2. The lowest BCUT2D eigenvalue weighted by Crippen LogP contribution is -2.39. The van der Waals surface area contributed by atoms with Crippen LogP contribution in [-0.4, -0.2) is 37.9 Å². The van der Waals surface area contributed by atoms with Gasteiger partial charge in [0.25, 0.3) is 0 Å². The molecule has 8 nitrogen and oxygen atoms in total. The summed E-state index contributed by atoms with van der Waals surface area (Å²) in [5.74, 6) is 0.469. The van der Waals surface area contributed by atoms with Gasteiger partial charge < -0.3 is 14.7 Å². The fourth-order valence-corrected chi connectivity index (χ4v) is 1.92. The maximum atomic E-state index is 12.1. The van der Waals surface area contributed by atoms with Gasteiger partial charge in [0.05, 0.1) is 18.3 Å². The minimum absolute atomic E-state index is 0.0808. The molecule has 0 aliphatic heterocycles. The number of nitrogens with one attached hydrogen (secondary N) is 1. The van der Waals surface area contributed by atoms with Crippen LogP contribution in [0.25, 0.3) is 0 Å². The average Bonchev–Trinajstić information content (AvgIpc) is 3.07. The van der Waals surface area contributed by atoms with Crippen molar-refractivity contribution in [3.8, 4) is 0 Å². The predicted octanol–water partition coefficient (Wildman–Crippen LogP) is 1.10. The molecule has 0 aliphatic carbocycles. The van der Waals surface area contributed by atoms with Gasteiger partial charge in [-0.2, -0.15) is 10.1 Å². The normalized spacial score (nSPS) is 12.2. The van der Waals surface area contributed by atoms with Crippen molar-refractivity contribution in [1.29, 1.82) is 0 Å². The number of carbonyl (C=O) groups is 1. The third-order valence-corrected chi connectivity index (χ3v) is 3.05. The monoisotopic (exact) mass is 278 g/mol. The van der Waals surface area contributed by atoms with Gasteiger partial charge in [-0.1, -0.05) is 12.1 Å². The first kappa shape index (κ1) is 14.0. The van der Waals surface area contributed by atoms with Gasteiger partial charge in [-0.05, 0) is 12.5 Å². The van der Waals surface area contributed by atoms with Crippen LogP contribution in [0.3, 0.4) is 0 Å². The van der Waals surface area contributed by atoms with Crippen LogP contribution in [0, 0.1) is 0 Å². The van der Waals surface area contributed by atoms with Crippen LogP contribution < -0.4 is 5.32 Å². The van der Waals surface area contributed by atoms with Gasteiger partial charge in [-0.25, -0.2) is 4.79 Å². The molecule has 0 spiro atoms. The zero-order chi connectivity index (χ0) is 14.5. The minimum atomic E-state index is -0.192. The van der Waals surface area contributed by atoms with Crippen LogP contribution in [0.2, 0.25) is 0 Å². The molecular formula is C12H18N6O2. The molecule has 20 heavy (non-hydrogen) atoms. The molecule has 1 N–H and O–H groups in total. The summed E-state index contributed by atoms with van der Waals surface area (Å²) in [7, 11) is 3.54. The molecule has 108 valence electrons. The second-order valence-electron chi connectivity index (χ2n) is 4.49. The van der Waals surface area contributed by atoms with Gasteiger partial charge >= 0.3 is 6.03 Å². The van der Waals surface area contributed by atoms with E-state index in [0.29, 0.717) is 12.4 Å². The number of carbonyl (C=O) groups excluding carboxylic acids is 1. The number of aryl methyl sites for hydroxylation is 1. The smallest absolute Gasteiger partial charge is 0.318 e. The van der Waals surface area contributed by atoms with Crippen LogP contribution in [-0.2, 0) is 13.6 Å². The summed E-state index contributed by atoms with van der Waals surface area (Å²) in [5.41, 5.74) is 0.966. The second-order valence-corrected chi connectivity index (χ2v) is 4.49. The van der Waals surface area contributed by atoms with Crippen LogP contribution in [0.15, 0.2) is 23.2 Å². The summed E-state index contributed by atoms with van der Waals surface area (Å²) in [5, 5.41) is 10.8. The molecule has 8 heteroatoms. The molecular weight excluding hydrogens is 260 g/mol. The van der Waals surface area contributed by atoms with Crippen molar-refractivity contribution in [2.24, 2.45) is 7.05 Å². The first-order chi connectivity index (χ1) is 9.61. The number of urea groups is 1. The quantitative estimate of drug-likeness (QED) is 0.884. The largest absolute Gasteiger partial charge is 0.343 e. The zero-order valence-corrected chi connectivity index (χ0v) is 11.8. The number of rotatable bonds is 5. The molecule has 0 saturated heterocycles. The van der Waals surface area contributed by atoms with Gasteiger partial charge in [-0.15, -0.1) is 0 Å². The Labute approximate surface area is 116 Å². The van der Waals surface area contributed by atoms with Gasteiger partial charge in [0.1, 0.15) is 0 Å². The summed E-state index contributed by atoms with van der Waals surface area (Å²) in [6, 6.07) is 1.62. The molecule has 0 aromatic carbocycles. The molecule has 1 atom stereocenters. The maximum Gasteiger partial charge on any atom is 0.318 e. The summed E-state index contributed by atoms with van der Waals surface area (Å²) in [6.45, 7) is 2.31. The number of hydrogen-bond acceptors (Lipinski definition) is 5. The highest BCUT2D eigenvalue weighted by atomic mass is 16.5. The highest BCUT2D eigenvalue weighted by Crippen LogP contribution is 2.15. The number of hydrogen-bond donors (Lipinski definition) is 1. The minimum Gasteiger partial charge on any atom is -0.343 e. The Morgan fingerprint density at radius 1 is 1.60 bits per heavy atom. The SMILES string of the molecule is CCC(NC(=O)N(C)Cc1ncon1)c1ccnn1C. The lowest BCUT2D eigenvalue weighted by molar-refractivity contribution is 0.200. The van der Waals surface area contributed by atoms with E-state index in [9.17, 15) is 4.79 Å². The zero-order valence-electron chi connectivity index (χ0n) is 11.8. The lowest BCUT2D eigenvalue weighted by atomic mass is 10.1. The van der Waals surface area contributed by atoms with Crippen LogP contribution in [0.4, 0.5) is 4.79 Å². The van der Waals surface area contributed by atoms with E-state index in [2.05, 4.69) is 25.1 Å². The van der Waals surface area contributed by atoms with Crippen molar-refractivity contribution >= 4 is 6.03 Å². The van der Waals surface area contributed by atoms with E-state index in [1.165, 1.54) is 11.3 Å². The van der Waals surface area contributed by atoms with Crippen molar-refractivity contribution < 1.29 is 9.32 Å². The third kappa shape index (κ3) is 3.14. The van der Waals surface area contributed by atoms with E-state index in [0.717, 1.165) is 12.1 Å². The van der Waals surface area contributed by atoms with Crippen LogP contribution >= 0.6 is 0 Å². The highest BCUT2D eigenvalue weighted by molar-refractivity contribution is 5.74. The Kier molecular flexibility index (Phi) is 4.34. The topological polar surface area (TPSA) is 89.1 Å². The van der Waals surface area contributed by atoms with Crippen molar-refractivity contribution in [2.45, 2.75) is 25.9 Å². The van der Waals surface area contributed by atoms with Gasteiger partial charge in [0.2, 0.25) is 6.39 Å². The van der Waals surface area contributed by atoms with E-state index in [4.69, 9.17) is 0 Å². The molecule has 1 unspecified atom stereocenters. The molecule has 2 rings (SSSR count). The average molecular weight is 278 g/mol. The Bertz CT molecular complexity index is 550. The summed E-state index contributed by atoms with van der Waals surface area (Å²) in [6.07, 6.45) is 3.74. The van der Waals surface area contributed by atoms with Crippen molar-refractivity contribution in [3.05, 3.63) is 30.2 Å². The molecule has 2 amide bonds. The highest BCUT2D eigenvalue weighted by Gasteiger charge is 2.18. The maximum absolute atomic E-state index is 12.1. The summed E-state index contributed by atoms with van der Waals surface area (Å²) in [4.78, 5) is 17.5. The Hall–Kier alpha value is -2.38. The molecule has 0 aliphatic rings. The first-order valence-electron chi connectivity index (χ1n) is 6.36. The Balaban J connectivity index is 1.97. The van der Waals surface area contributed by atoms with E-state index in [1.807, 2.05) is 20.0 Å². The Morgan fingerprint density at radius 3 is 2.95 bits per heavy atom. The summed E-state index contributed by atoms with van der Waals surface area (Å²) >= 11 is 0. The van der Waals surface area contributed by atoms with E-state index >= 15 is 0 Å². The Morgan fingerprint density at radius 2 is 2.40 bits per heavy atom. The fourth-order valence-electron chi connectivity index (χ4n) is 1.92. The fraction of sp³-hybridized carbons (Fsp3) is 0.500. The molecule has 2 aromatic heterocycles. The second kappa shape index (κ2) is 6.18. The molecule has 2 aromatic rings. The summed E-state index contributed by atoms with van der Waals surface area (Å²) < 4.78 is 6.40. The first-order valence-corrected chi connectivity index (χ1v) is 6.36. The predicted molar refractivity (Wildman–Crippen MR) is 70.5 cm³/mol. The van der Waals surface area contributed by atoms with E-state index in [-0.39, 0.29) is 12.1 Å². The molecule has 0 radical (unpaired) electrons. The molecule has 0 saturated carbocycles. The lowest BCUT2D eigenvalue weighted by Gasteiger charge is -2.22. The van der Waals surface area contributed by atoms with E-state index in [1.54, 1.807) is 17.9 Å². The van der Waals surface area contributed by atoms with Crippen molar-refractivity contribution in [1.82, 2.24) is 30.1 Å². The molecule has 2 heterocycles.